The number of carbonyl (C=O) groups is 2. The minimum atomic E-state index is -1.59. The van der Waals surface area contributed by atoms with Gasteiger partial charge in [-0.05, 0) is 12.8 Å². The average molecular weight is 218 g/mol. The number of aliphatic hydroxyl groups excluding tert-OH is 1. The van der Waals surface area contributed by atoms with Crippen LogP contribution in [0.3, 0.4) is 0 Å². The van der Waals surface area contributed by atoms with Gasteiger partial charge in [-0.3, -0.25) is 4.79 Å². The Morgan fingerprint density at radius 1 is 1.40 bits per heavy atom. The fourth-order valence-electron chi connectivity index (χ4n) is 1.02. The molecule has 1 unspecified atom stereocenters. The monoisotopic (exact) mass is 218 g/mol. The van der Waals surface area contributed by atoms with E-state index >= 15 is 0 Å². The number of aliphatic hydroxyl groups is 1. The normalized spacial score (nSPS) is 13.3. The number of nitrogens with two attached hydrogens (primary N) is 1. The molecule has 0 bridgehead atoms. The molecule has 0 radical (unpaired) electrons. The Morgan fingerprint density at radius 2 is 1.87 bits per heavy atom. The molecule has 88 valence electrons. The van der Waals surface area contributed by atoms with Crippen LogP contribution in [0.15, 0.2) is 0 Å². The summed E-state index contributed by atoms with van der Waals surface area (Å²) in [7, 11) is 0. The second-order valence-corrected chi connectivity index (χ2v) is 3.43. The molecular formula is C9H18N2O4. The third-order valence-corrected chi connectivity index (χ3v) is 2.46. The van der Waals surface area contributed by atoms with Crippen molar-refractivity contribution in [2.45, 2.75) is 38.3 Å². The van der Waals surface area contributed by atoms with Gasteiger partial charge in [0.25, 0.3) is 0 Å². The minimum Gasteiger partial charge on any atom is -0.479 e. The Kier molecular flexibility index (Phi) is 5.24. The highest BCUT2D eigenvalue weighted by Crippen LogP contribution is 2.10. The quantitative estimate of drug-likeness (QED) is 0.460. The molecule has 6 heteroatoms. The molecule has 0 saturated heterocycles. The van der Waals surface area contributed by atoms with E-state index in [9.17, 15) is 9.59 Å². The van der Waals surface area contributed by atoms with Gasteiger partial charge in [0.2, 0.25) is 5.91 Å². The van der Waals surface area contributed by atoms with Crippen LogP contribution in [0.1, 0.15) is 26.7 Å². The summed E-state index contributed by atoms with van der Waals surface area (Å²) < 4.78 is 0. The van der Waals surface area contributed by atoms with Gasteiger partial charge in [-0.15, -0.1) is 0 Å². The van der Waals surface area contributed by atoms with Gasteiger partial charge >= 0.3 is 5.97 Å². The lowest BCUT2D eigenvalue weighted by molar-refractivity contribution is -0.146. The number of rotatable bonds is 6. The highest BCUT2D eigenvalue weighted by molar-refractivity contribution is 5.86. The zero-order chi connectivity index (χ0) is 12.1. The Labute approximate surface area is 88.5 Å². The number of hydrogen-bond acceptors (Lipinski definition) is 4. The number of aliphatic carboxylic acids is 1. The third-order valence-electron chi connectivity index (χ3n) is 2.46. The molecular weight excluding hydrogens is 200 g/mol. The summed E-state index contributed by atoms with van der Waals surface area (Å²) in [4.78, 5) is 21.8. The van der Waals surface area contributed by atoms with Crippen LogP contribution in [-0.4, -0.2) is 40.3 Å². The van der Waals surface area contributed by atoms with Crippen LogP contribution in [0.5, 0.6) is 0 Å². The van der Waals surface area contributed by atoms with E-state index in [4.69, 9.17) is 15.9 Å². The van der Waals surface area contributed by atoms with Crippen molar-refractivity contribution in [3.05, 3.63) is 0 Å². The number of carboxylic acids is 1. The Balaban J connectivity index is 4.19. The fourth-order valence-corrected chi connectivity index (χ4v) is 1.02. The minimum absolute atomic E-state index is 0.326. The molecule has 1 atom stereocenters. The molecule has 0 aliphatic heterocycles. The van der Waals surface area contributed by atoms with Gasteiger partial charge in [-0.2, -0.15) is 0 Å². The predicted molar refractivity (Wildman–Crippen MR) is 54.2 cm³/mol. The number of amides is 1. The van der Waals surface area contributed by atoms with Gasteiger partial charge in [0.05, 0.1) is 12.1 Å². The summed E-state index contributed by atoms with van der Waals surface area (Å²) in [5, 5.41) is 19.6. The maximum Gasteiger partial charge on any atom is 0.334 e. The van der Waals surface area contributed by atoms with Gasteiger partial charge < -0.3 is 21.3 Å². The first kappa shape index (κ1) is 13.9. The van der Waals surface area contributed by atoms with Gasteiger partial charge in [0.1, 0.15) is 0 Å². The van der Waals surface area contributed by atoms with E-state index in [1.54, 1.807) is 13.8 Å². The van der Waals surface area contributed by atoms with Crippen molar-refractivity contribution < 1.29 is 19.8 Å². The molecule has 0 spiro atoms. The van der Waals surface area contributed by atoms with E-state index in [2.05, 4.69) is 5.32 Å². The number of nitrogens with one attached hydrogen (secondary N) is 1. The van der Waals surface area contributed by atoms with Crippen LogP contribution in [0, 0.1) is 0 Å². The van der Waals surface area contributed by atoms with Crippen molar-refractivity contribution in [2.24, 2.45) is 5.73 Å². The molecule has 1 amide bonds. The van der Waals surface area contributed by atoms with Crippen molar-refractivity contribution in [3.8, 4) is 0 Å². The Hall–Kier alpha value is -1.14. The average Bonchev–Trinajstić information content (AvgIpc) is 2.23. The lowest BCUT2D eigenvalue weighted by Crippen LogP contribution is -2.54. The number of carboxylic acid groups (broad SMARTS) is 1. The second-order valence-electron chi connectivity index (χ2n) is 3.43. The zero-order valence-corrected chi connectivity index (χ0v) is 8.99. The molecule has 0 aromatic rings. The van der Waals surface area contributed by atoms with Crippen LogP contribution in [0.4, 0.5) is 0 Å². The van der Waals surface area contributed by atoms with Crippen molar-refractivity contribution in [1.29, 1.82) is 0 Å². The summed E-state index contributed by atoms with van der Waals surface area (Å²) in [5.41, 5.74) is 4.77. The highest BCUT2D eigenvalue weighted by Gasteiger charge is 2.30. The third kappa shape index (κ3) is 3.85. The number of hydrogen-bond donors (Lipinski definition) is 4. The summed E-state index contributed by atoms with van der Waals surface area (Å²) in [6.07, 6.45) is -0.677. The Morgan fingerprint density at radius 3 is 2.20 bits per heavy atom. The van der Waals surface area contributed by atoms with E-state index in [1.165, 1.54) is 0 Å². The van der Waals surface area contributed by atoms with Crippen molar-refractivity contribution in [1.82, 2.24) is 5.32 Å². The second kappa shape index (κ2) is 5.67. The molecule has 0 aromatic carbocycles. The summed E-state index contributed by atoms with van der Waals surface area (Å²) in [6.45, 7) is 3.22. The SMILES string of the molecule is CCC(N)(CC)C(=O)NCC(O)C(=O)O. The molecule has 0 aliphatic carbocycles. The first-order valence-corrected chi connectivity index (χ1v) is 4.85. The number of carbonyl (C=O) groups excluding carboxylic acids is 1. The molecule has 0 rings (SSSR count). The molecule has 6 nitrogen and oxygen atoms in total. The van der Waals surface area contributed by atoms with E-state index in [1.807, 2.05) is 0 Å². The van der Waals surface area contributed by atoms with Crippen molar-refractivity contribution >= 4 is 11.9 Å². The first-order chi connectivity index (χ1) is 6.87. The lowest BCUT2D eigenvalue weighted by atomic mass is 9.93. The van der Waals surface area contributed by atoms with Crippen LogP contribution in [0.25, 0.3) is 0 Å². The fraction of sp³-hybridized carbons (Fsp3) is 0.778. The van der Waals surface area contributed by atoms with Gasteiger partial charge in [-0.1, -0.05) is 13.8 Å². The van der Waals surface area contributed by atoms with E-state index in [0.29, 0.717) is 12.8 Å². The van der Waals surface area contributed by atoms with Crippen LogP contribution in [0.2, 0.25) is 0 Å². The molecule has 15 heavy (non-hydrogen) atoms. The first-order valence-electron chi connectivity index (χ1n) is 4.85. The summed E-state index contributed by atoms with van der Waals surface area (Å²) in [5.74, 6) is -1.81. The molecule has 5 N–H and O–H groups in total. The smallest absolute Gasteiger partial charge is 0.334 e. The molecule has 0 aliphatic rings. The van der Waals surface area contributed by atoms with Crippen molar-refractivity contribution in [3.63, 3.8) is 0 Å². The molecule has 0 aromatic heterocycles. The van der Waals surface area contributed by atoms with Gasteiger partial charge in [0.15, 0.2) is 6.10 Å². The van der Waals surface area contributed by atoms with Gasteiger partial charge in [-0.25, -0.2) is 4.79 Å². The topological polar surface area (TPSA) is 113 Å². The summed E-state index contributed by atoms with van der Waals surface area (Å²) >= 11 is 0. The van der Waals surface area contributed by atoms with Crippen LogP contribution in [-0.2, 0) is 9.59 Å². The Bertz CT molecular complexity index is 238. The maximum atomic E-state index is 11.5. The molecule has 0 fully saturated rings. The maximum absolute atomic E-state index is 11.5. The van der Waals surface area contributed by atoms with Crippen molar-refractivity contribution in [2.75, 3.05) is 6.54 Å². The van der Waals surface area contributed by atoms with Gasteiger partial charge in [0, 0.05) is 0 Å². The van der Waals surface area contributed by atoms with Crippen LogP contribution >= 0.6 is 0 Å². The van der Waals surface area contributed by atoms with E-state index in [-0.39, 0.29) is 6.54 Å². The largest absolute Gasteiger partial charge is 0.479 e. The lowest BCUT2D eigenvalue weighted by Gasteiger charge is -2.25. The molecule has 0 saturated carbocycles. The summed E-state index contributed by atoms with van der Waals surface area (Å²) in [6, 6.07) is 0. The van der Waals surface area contributed by atoms with Crippen LogP contribution < -0.4 is 11.1 Å². The predicted octanol–water partition coefficient (Wildman–Crippen LogP) is -0.934. The highest BCUT2D eigenvalue weighted by atomic mass is 16.4. The van der Waals surface area contributed by atoms with E-state index in [0.717, 1.165) is 0 Å². The van der Waals surface area contributed by atoms with E-state index < -0.39 is 23.5 Å². The zero-order valence-electron chi connectivity index (χ0n) is 8.99. The standard InChI is InChI=1S/C9H18N2O4/c1-3-9(10,4-2)8(15)11-5-6(12)7(13)14/h6,12H,3-5,10H2,1-2H3,(H,11,15)(H,13,14). The molecule has 0 heterocycles.